The zero-order chi connectivity index (χ0) is 31.4. The lowest BCUT2D eigenvalue weighted by Gasteiger charge is -2.08. The first kappa shape index (κ1) is 29.2. The van der Waals surface area contributed by atoms with Gasteiger partial charge in [0.1, 0.15) is 11.0 Å². The van der Waals surface area contributed by atoms with Crippen LogP contribution in [0.15, 0.2) is 144 Å². The highest BCUT2D eigenvalue weighted by Gasteiger charge is 2.13. The Bertz CT molecular complexity index is 2130. The minimum atomic E-state index is 0.941. The number of rotatable bonds is 8. The first-order chi connectivity index (χ1) is 23.3. The van der Waals surface area contributed by atoms with Gasteiger partial charge in [-0.2, -0.15) is 8.75 Å². The molecule has 0 unspecified atom stereocenters. The van der Waals surface area contributed by atoms with E-state index in [0.29, 0.717) is 0 Å². The number of nitrogens with zero attached hydrogens (tertiary/aromatic N) is 2. The van der Waals surface area contributed by atoms with Gasteiger partial charge < -0.3 is 0 Å². The van der Waals surface area contributed by atoms with E-state index in [2.05, 4.69) is 169 Å². The maximum absolute atomic E-state index is 4.71. The summed E-state index contributed by atoms with van der Waals surface area (Å²) in [5.41, 5.74) is 13.5. The first-order valence-electron chi connectivity index (χ1n) is 15.4. The highest BCUT2D eigenvalue weighted by molar-refractivity contribution is 7.13. The molecular formula is C42H28N2S3. The van der Waals surface area contributed by atoms with Crippen molar-refractivity contribution in [2.45, 2.75) is 0 Å². The Kier molecular flexibility index (Phi) is 8.25. The molecule has 5 heteroatoms. The molecule has 0 atom stereocenters. The van der Waals surface area contributed by atoms with Gasteiger partial charge in [0.25, 0.3) is 0 Å². The Balaban J connectivity index is 0.966. The normalized spacial score (nSPS) is 11.7. The van der Waals surface area contributed by atoms with Crippen LogP contribution >= 0.6 is 34.4 Å². The van der Waals surface area contributed by atoms with Gasteiger partial charge in [0.2, 0.25) is 0 Å². The standard InChI is InChI=1S/C42H28N2S3/c1-3-39(45-27-1)35-21-13-31(14-22-35)7-5-29-9-17-33(18-10-29)37-25-26-38(42-41(37)43-47-44-42)34-19-11-30(12-20-34)6-8-32-15-23-36(24-16-32)40-4-2-28-46-40/h1-28H/b7-5+,8-6+. The second kappa shape index (κ2) is 13.3. The maximum Gasteiger partial charge on any atom is 0.113 e. The Labute approximate surface area is 286 Å². The second-order valence-electron chi connectivity index (χ2n) is 11.2. The molecule has 8 rings (SSSR count). The molecule has 0 fully saturated rings. The average Bonchev–Trinajstić information content (AvgIpc) is 3.95. The lowest BCUT2D eigenvalue weighted by atomic mass is 9.96. The minimum absolute atomic E-state index is 0.941. The molecule has 5 aromatic carbocycles. The molecule has 0 amide bonds. The molecule has 0 bridgehead atoms. The van der Waals surface area contributed by atoms with E-state index in [0.717, 1.165) is 44.4 Å². The van der Waals surface area contributed by atoms with E-state index in [9.17, 15) is 0 Å². The van der Waals surface area contributed by atoms with Crippen molar-refractivity contribution in [3.8, 4) is 43.1 Å². The lowest BCUT2D eigenvalue weighted by molar-refractivity contribution is 1.57. The van der Waals surface area contributed by atoms with E-state index in [4.69, 9.17) is 8.75 Å². The topological polar surface area (TPSA) is 25.8 Å². The minimum Gasteiger partial charge on any atom is -0.172 e. The van der Waals surface area contributed by atoms with Crippen LogP contribution in [0.5, 0.6) is 0 Å². The van der Waals surface area contributed by atoms with Crippen molar-refractivity contribution in [2.75, 3.05) is 0 Å². The van der Waals surface area contributed by atoms with Crippen LogP contribution in [0.1, 0.15) is 22.3 Å². The van der Waals surface area contributed by atoms with Crippen LogP contribution < -0.4 is 0 Å². The van der Waals surface area contributed by atoms with Crippen LogP contribution in [0.3, 0.4) is 0 Å². The van der Waals surface area contributed by atoms with Gasteiger partial charge in [-0.05, 0) is 67.4 Å². The van der Waals surface area contributed by atoms with Crippen LogP contribution in [-0.4, -0.2) is 8.75 Å². The summed E-state index contributed by atoms with van der Waals surface area (Å²) in [6.07, 6.45) is 8.65. The van der Waals surface area contributed by atoms with E-state index >= 15 is 0 Å². The fourth-order valence-electron chi connectivity index (χ4n) is 5.67. The molecule has 0 aliphatic heterocycles. The van der Waals surface area contributed by atoms with E-state index in [1.54, 1.807) is 22.7 Å². The fraction of sp³-hybridized carbons (Fsp3) is 0. The Morgan fingerprint density at radius 1 is 0.362 bits per heavy atom. The average molecular weight is 657 g/mol. The zero-order valence-electron chi connectivity index (χ0n) is 25.3. The molecule has 0 saturated heterocycles. The molecule has 3 heterocycles. The predicted molar refractivity (Wildman–Crippen MR) is 206 cm³/mol. The molecule has 0 spiro atoms. The quantitative estimate of drug-likeness (QED) is 0.152. The van der Waals surface area contributed by atoms with Crippen LogP contribution in [0.4, 0.5) is 0 Å². The number of hydrogen-bond acceptors (Lipinski definition) is 5. The molecule has 0 radical (unpaired) electrons. The first-order valence-corrected chi connectivity index (χ1v) is 17.9. The zero-order valence-corrected chi connectivity index (χ0v) is 27.7. The lowest BCUT2D eigenvalue weighted by Crippen LogP contribution is -1.86. The predicted octanol–water partition coefficient (Wildman–Crippen LogP) is 12.8. The monoisotopic (exact) mass is 656 g/mol. The SMILES string of the molecule is C(=C\c1ccc(-c2ccc(-c3ccc(/C=C/c4ccc(-c5cccs5)cc4)cc3)c3nsnc23)cc1)/c1ccc(-c2cccs2)cc1. The second-order valence-corrected chi connectivity index (χ2v) is 13.7. The highest BCUT2D eigenvalue weighted by Crippen LogP contribution is 2.35. The van der Waals surface area contributed by atoms with Crippen molar-refractivity contribution in [3.05, 3.63) is 166 Å². The summed E-state index contributed by atoms with van der Waals surface area (Å²) in [7, 11) is 0. The number of hydrogen-bond donors (Lipinski definition) is 0. The molecule has 0 aliphatic carbocycles. The van der Waals surface area contributed by atoms with Gasteiger partial charge in [0, 0.05) is 20.9 Å². The van der Waals surface area contributed by atoms with Gasteiger partial charge in [0.05, 0.1) is 11.7 Å². The summed E-state index contributed by atoms with van der Waals surface area (Å²) in [4.78, 5) is 2.59. The van der Waals surface area contributed by atoms with Crippen molar-refractivity contribution in [1.82, 2.24) is 8.75 Å². The van der Waals surface area contributed by atoms with Gasteiger partial charge in [0.15, 0.2) is 0 Å². The third kappa shape index (κ3) is 6.42. The highest BCUT2D eigenvalue weighted by atomic mass is 32.1. The summed E-state index contributed by atoms with van der Waals surface area (Å²) in [5, 5.41) is 4.23. The third-order valence-electron chi connectivity index (χ3n) is 8.23. The van der Waals surface area contributed by atoms with Gasteiger partial charge in [-0.1, -0.05) is 146 Å². The summed E-state index contributed by atoms with van der Waals surface area (Å²) < 4.78 is 9.43. The number of benzene rings is 5. The van der Waals surface area contributed by atoms with Crippen LogP contribution in [-0.2, 0) is 0 Å². The molecule has 3 aromatic heterocycles. The van der Waals surface area contributed by atoms with E-state index in [1.165, 1.54) is 43.7 Å². The van der Waals surface area contributed by atoms with Crippen molar-refractivity contribution < 1.29 is 0 Å². The van der Waals surface area contributed by atoms with Crippen LogP contribution in [0.2, 0.25) is 0 Å². The Hall–Kier alpha value is -5.20. The van der Waals surface area contributed by atoms with Gasteiger partial charge >= 0.3 is 0 Å². The fourth-order valence-corrected chi connectivity index (χ4v) is 7.71. The van der Waals surface area contributed by atoms with Gasteiger partial charge in [-0.15, -0.1) is 22.7 Å². The Morgan fingerprint density at radius 2 is 0.702 bits per heavy atom. The van der Waals surface area contributed by atoms with Crippen LogP contribution in [0.25, 0.3) is 78.5 Å². The van der Waals surface area contributed by atoms with Crippen LogP contribution in [0, 0.1) is 0 Å². The van der Waals surface area contributed by atoms with Crippen molar-refractivity contribution >= 4 is 69.7 Å². The smallest absolute Gasteiger partial charge is 0.113 e. The molecule has 2 nitrogen and oxygen atoms in total. The maximum atomic E-state index is 4.71. The number of thiophene rings is 2. The summed E-state index contributed by atoms with van der Waals surface area (Å²) >= 11 is 4.80. The summed E-state index contributed by atoms with van der Waals surface area (Å²) in [6, 6.07) is 47.6. The third-order valence-corrected chi connectivity index (χ3v) is 10.6. The number of fused-ring (bicyclic) bond motifs is 1. The van der Waals surface area contributed by atoms with E-state index in [1.807, 2.05) is 0 Å². The van der Waals surface area contributed by atoms with Gasteiger partial charge in [-0.25, -0.2) is 0 Å². The number of aromatic nitrogens is 2. The Morgan fingerprint density at radius 3 is 1.02 bits per heavy atom. The van der Waals surface area contributed by atoms with Gasteiger partial charge in [-0.3, -0.25) is 0 Å². The molecule has 0 N–H and O–H groups in total. The molecule has 8 aromatic rings. The van der Waals surface area contributed by atoms with Crippen molar-refractivity contribution in [3.63, 3.8) is 0 Å². The van der Waals surface area contributed by atoms with Crippen molar-refractivity contribution in [2.24, 2.45) is 0 Å². The summed E-state index contributed by atoms with van der Waals surface area (Å²) in [5.74, 6) is 0. The summed E-state index contributed by atoms with van der Waals surface area (Å²) in [6.45, 7) is 0. The van der Waals surface area contributed by atoms with E-state index < -0.39 is 0 Å². The van der Waals surface area contributed by atoms with Crippen molar-refractivity contribution in [1.29, 1.82) is 0 Å². The molecule has 47 heavy (non-hydrogen) atoms. The molecule has 224 valence electrons. The largest absolute Gasteiger partial charge is 0.172 e. The molecular weight excluding hydrogens is 629 g/mol. The molecule has 0 aliphatic rings. The molecule has 0 saturated carbocycles. The van der Waals surface area contributed by atoms with E-state index in [-0.39, 0.29) is 0 Å².